The van der Waals surface area contributed by atoms with E-state index in [4.69, 9.17) is 11.6 Å². The molecule has 0 bridgehead atoms. The van der Waals surface area contributed by atoms with Crippen LogP contribution in [0, 0.1) is 17.1 Å². The zero-order valence-electron chi connectivity index (χ0n) is 17.5. The number of aromatic nitrogens is 3. The number of hydrogen-bond acceptors (Lipinski definition) is 5. The highest BCUT2D eigenvalue weighted by atomic mass is 35.5. The minimum Gasteiger partial charge on any atom is -0.375 e. The number of halogens is 2. The maximum Gasteiger partial charge on any atom is 0.141 e. The summed E-state index contributed by atoms with van der Waals surface area (Å²) in [5.74, 6) is 0.313. The van der Waals surface area contributed by atoms with E-state index < -0.39 is 5.82 Å². The van der Waals surface area contributed by atoms with E-state index in [1.165, 1.54) is 18.3 Å². The van der Waals surface area contributed by atoms with Gasteiger partial charge in [0, 0.05) is 23.0 Å². The lowest BCUT2D eigenvalue weighted by molar-refractivity contribution is 0.628. The number of anilines is 3. The number of nitriles is 1. The molecule has 0 aliphatic rings. The molecule has 3 N–H and O–H groups in total. The number of pyridine rings is 1. The van der Waals surface area contributed by atoms with Gasteiger partial charge in [0.2, 0.25) is 0 Å². The topological polar surface area (TPSA) is 89.4 Å². The van der Waals surface area contributed by atoms with Crippen LogP contribution in [-0.4, -0.2) is 15.0 Å². The van der Waals surface area contributed by atoms with Gasteiger partial charge in [-0.05, 0) is 55.5 Å². The summed E-state index contributed by atoms with van der Waals surface area (Å²) in [4.78, 5) is 12.4. The van der Waals surface area contributed by atoms with Crippen LogP contribution in [0.15, 0.2) is 66.9 Å². The molecule has 162 valence electrons. The van der Waals surface area contributed by atoms with E-state index >= 15 is 0 Å². The Morgan fingerprint density at radius 1 is 1.06 bits per heavy atom. The smallest absolute Gasteiger partial charge is 0.141 e. The molecule has 1 unspecified atom stereocenters. The fourth-order valence-corrected chi connectivity index (χ4v) is 3.90. The van der Waals surface area contributed by atoms with Crippen LogP contribution in [0.3, 0.4) is 0 Å². The van der Waals surface area contributed by atoms with Gasteiger partial charge in [0.1, 0.15) is 17.7 Å². The molecule has 8 heteroatoms. The van der Waals surface area contributed by atoms with Gasteiger partial charge in [0.25, 0.3) is 0 Å². The lowest BCUT2D eigenvalue weighted by Gasteiger charge is -2.16. The third-order valence-electron chi connectivity index (χ3n) is 5.38. The van der Waals surface area contributed by atoms with E-state index in [-0.39, 0.29) is 11.1 Å². The summed E-state index contributed by atoms with van der Waals surface area (Å²) in [5.41, 5.74) is 4.95. The highest BCUT2D eigenvalue weighted by Crippen LogP contribution is 2.32. The van der Waals surface area contributed by atoms with Crippen LogP contribution in [0.5, 0.6) is 0 Å². The Morgan fingerprint density at radius 3 is 2.67 bits per heavy atom. The molecule has 5 aromatic rings. The molecule has 1 atom stereocenters. The van der Waals surface area contributed by atoms with Gasteiger partial charge in [-0.15, -0.1) is 0 Å². The van der Waals surface area contributed by atoms with Crippen LogP contribution in [-0.2, 0) is 0 Å². The van der Waals surface area contributed by atoms with E-state index in [1.807, 2.05) is 49.4 Å². The maximum absolute atomic E-state index is 13.6. The zero-order chi connectivity index (χ0) is 22.9. The zero-order valence-corrected chi connectivity index (χ0v) is 18.3. The average Bonchev–Trinajstić information content (AvgIpc) is 3.26. The summed E-state index contributed by atoms with van der Waals surface area (Å²) in [5, 5.41) is 17.0. The van der Waals surface area contributed by atoms with Crippen molar-refractivity contribution < 1.29 is 4.39 Å². The van der Waals surface area contributed by atoms with E-state index in [0.717, 1.165) is 27.9 Å². The molecule has 6 nitrogen and oxygen atoms in total. The molecule has 33 heavy (non-hydrogen) atoms. The third-order valence-corrected chi connectivity index (χ3v) is 5.67. The summed E-state index contributed by atoms with van der Waals surface area (Å²) in [7, 11) is 0. The molecule has 0 aliphatic carbocycles. The second kappa shape index (κ2) is 8.41. The van der Waals surface area contributed by atoms with Gasteiger partial charge in [0.05, 0.1) is 38.9 Å². The number of fused-ring (bicyclic) bond motifs is 2. The molecule has 0 saturated carbocycles. The molecule has 3 aromatic carbocycles. The lowest BCUT2D eigenvalue weighted by atomic mass is 10.1. The van der Waals surface area contributed by atoms with E-state index in [9.17, 15) is 9.65 Å². The molecule has 0 saturated heterocycles. The Kier molecular flexibility index (Phi) is 5.29. The fraction of sp³-hybridized carbons (Fsp3) is 0.0800. The summed E-state index contributed by atoms with van der Waals surface area (Å²) >= 11 is 5.93. The van der Waals surface area contributed by atoms with E-state index in [1.54, 1.807) is 6.07 Å². The van der Waals surface area contributed by atoms with E-state index in [2.05, 4.69) is 31.7 Å². The Morgan fingerprint density at radius 2 is 1.88 bits per heavy atom. The summed E-state index contributed by atoms with van der Waals surface area (Å²) < 4.78 is 13.6. The van der Waals surface area contributed by atoms with Crippen molar-refractivity contribution in [1.82, 2.24) is 15.0 Å². The molecule has 0 aliphatic heterocycles. The first-order chi connectivity index (χ1) is 16.0. The summed E-state index contributed by atoms with van der Waals surface area (Å²) in [6, 6.07) is 20.0. The number of H-pyrrole nitrogens is 1. The van der Waals surface area contributed by atoms with Gasteiger partial charge < -0.3 is 15.6 Å². The van der Waals surface area contributed by atoms with Gasteiger partial charge in [-0.25, -0.2) is 9.37 Å². The molecular weight excluding hydrogens is 439 g/mol. The van der Waals surface area contributed by atoms with Crippen LogP contribution >= 0.6 is 11.6 Å². The van der Waals surface area contributed by atoms with Gasteiger partial charge in [0.15, 0.2) is 0 Å². The monoisotopic (exact) mass is 456 g/mol. The van der Waals surface area contributed by atoms with Crippen LogP contribution in [0.25, 0.3) is 21.9 Å². The second-order valence-electron chi connectivity index (χ2n) is 7.65. The van der Waals surface area contributed by atoms with Crippen molar-refractivity contribution in [2.24, 2.45) is 0 Å². The number of nitrogens with zero attached hydrogens (tertiary/aromatic N) is 3. The molecule has 2 aromatic heterocycles. The number of para-hydroxylation sites is 2. The summed E-state index contributed by atoms with van der Waals surface area (Å²) in [6.45, 7) is 2.02. The first kappa shape index (κ1) is 20.7. The molecule has 5 rings (SSSR count). The Hall–Kier alpha value is -4.15. The predicted molar refractivity (Wildman–Crippen MR) is 129 cm³/mol. The van der Waals surface area contributed by atoms with E-state index in [0.29, 0.717) is 22.5 Å². The second-order valence-corrected chi connectivity index (χ2v) is 8.06. The summed E-state index contributed by atoms with van der Waals surface area (Å²) in [6.07, 6.45) is 1.51. The number of aromatic amines is 1. The molecule has 0 radical (unpaired) electrons. The van der Waals surface area contributed by atoms with Gasteiger partial charge in [-0.2, -0.15) is 5.26 Å². The Balaban J connectivity index is 1.51. The van der Waals surface area contributed by atoms with Crippen LogP contribution in [0.1, 0.15) is 24.4 Å². The van der Waals surface area contributed by atoms with Crippen LogP contribution < -0.4 is 10.6 Å². The molecule has 0 spiro atoms. The first-order valence-electron chi connectivity index (χ1n) is 10.3. The normalized spacial score (nSPS) is 11.9. The maximum atomic E-state index is 13.6. The van der Waals surface area contributed by atoms with Gasteiger partial charge in [-0.3, -0.25) is 4.98 Å². The molecular formula is C25H18ClFN6. The van der Waals surface area contributed by atoms with Crippen molar-refractivity contribution in [1.29, 1.82) is 5.26 Å². The number of benzene rings is 3. The number of nitrogens with one attached hydrogen (secondary N) is 3. The Bertz CT molecular complexity index is 1500. The standard InChI is InChI=1S/C25H18ClFN6/c1-14(25-32-22-4-2-3-5-23(22)33-25)30-16-7-9-21-18(10-16)24(15(12-28)13-29-21)31-17-6-8-20(27)19(26)11-17/h2-11,13-14,30H,1H3,(H,29,31)(H,32,33). The number of imidazole rings is 1. The van der Waals surface area contributed by atoms with Crippen molar-refractivity contribution in [3.8, 4) is 6.07 Å². The van der Waals surface area contributed by atoms with Crippen molar-refractivity contribution >= 4 is 50.6 Å². The van der Waals surface area contributed by atoms with Gasteiger partial charge in [-0.1, -0.05) is 23.7 Å². The minimum atomic E-state index is -0.506. The average molecular weight is 457 g/mol. The van der Waals surface area contributed by atoms with Crippen molar-refractivity contribution in [3.05, 3.63) is 89.1 Å². The fourth-order valence-electron chi connectivity index (χ4n) is 3.72. The van der Waals surface area contributed by atoms with Gasteiger partial charge >= 0.3 is 0 Å². The highest BCUT2D eigenvalue weighted by Gasteiger charge is 2.14. The van der Waals surface area contributed by atoms with Crippen molar-refractivity contribution in [2.75, 3.05) is 10.6 Å². The molecule has 2 heterocycles. The first-order valence-corrected chi connectivity index (χ1v) is 10.7. The molecule has 0 amide bonds. The quantitative estimate of drug-likeness (QED) is 0.274. The highest BCUT2D eigenvalue weighted by molar-refractivity contribution is 6.31. The van der Waals surface area contributed by atoms with Crippen LogP contribution in [0.2, 0.25) is 5.02 Å². The minimum absolute atomic E-state index is 0.00103. The number of hydrogen-bond donors (Lipinski definition) is 3. The third kappa shape index (κ3) is 4.04. The van der Waals surface area contributed by atoms with Crippen LogP contribution in [0.4, 0.5) is 21.5 Å². The largest absolute Gasteiger partial charge is 0.375 e. The molecule has 0 fully saturated rings. The van der Waals surface area contributed by atoms with Crippen molar-refractivity contribution in [3.63, 3.8) is 0 Å². The number of rotatable bonds is 5. The predicted octanol–water partition coefficient (Wildman–Crippen LogP) is 6.69. The lowest BCUT2D eigenvalue weighted by Crippen LogP contribution is -2.08. The van der Waals surface area contributed by atoms with Crippen molar-refractivity contribution in [2.45, 2.75) is 13.0 Å². The Labute approximate surface area is 194 Å². The SMILES string of the molecule is CC(Nc1ccc2ncc(C#N)c(Nc3ccc(F)c(Cl)c3)c2c1)c1nc2ccccc2[nH]1.